The minimum atomic E-state index is -2.79. The van der Waals surface area contributed by atoms with Gasteiger partial charge in [0.25, 0.3) is 0 Å². The van der Waals surface area contributed by atoms with Gasteiger partial charge >= 0.3 is 5.97 Å². The normalized spacial score (nSPS) is 23.8. The van der Waals surface area contributed by atoms with E-state index in [4.69, 9.17) is 5.11 Å². The zero-order valence-corrected chi connectivity index (χ0v) is 14.7. The third-order valence-corrected chi connectivity index (χ3v) is 6.76. The minimum Gasteiger partial charge on any atom is -0.481 e. The summed E-state index contributed by atoms with van der Waals surface area (Å²) >= 11 is 0. The Balaban J connectivity index is 1.55. The Bertz CT molecular complexity index is 698. The number of aryl methyl sites for hydroxylation is 2. The maximum Gasteiger partial charge on any atom is 0.303 e. The van der Waals surface area contributed by atoms with E-state index in [-0.39, 0.29) is 6.42 Å². The highest BCUT2D eigenvalue weighted by molar-refractivity contribution is 7.91. The SMILES string of the molecule is O=C(O)CCc1cc2n(n1)CCCN(CCC1CCS(=O)(=O)C1)C2. The molecule has 0 saturated carbocycles. The standard InChI is InChI=1S/C16H25N3O4S/c20-16(21)3-2-14-10-15-11-18(6-1-7-19(15)17-14)8-4-13-5-9-24(22,23)12-13/h10,13H,1-9,11-12H2,(H,20,21). The van der Waals surface area contributed by atoms with E-state index in [9.17, 15) is 13.2 Å². The number of carboxylic acid groups (broad SMARTS) is 1. The molecule has 24 heavy (non-hydrogen) atoms. The molecule has 1 atom stereocenters. The van der Waals surface area contributed by atoms with E-state index in [1.54, 1.807) is 0 Å². The fourth-order valence-corrected chi connectivity index (χ4v) is 5.51. The van der Waals surface area contributed by atoms with Crippen LogP contribution in [0.1, 0.15) is 37.1 Å². The zero-order chi connectivity index (χ0) is 17.2. The first kappa shape index (κ1) is 17.4. The summed E-state index contributed by atoms with van der Waals surface area (Å²) in [5.41, 5.74) is 1.98. The molecule has 0 amide bonds. The molecule has 0 spiro atoms. The maximum atomic E-state index is 11.6. The first-order valence-electron chi connectivity index (χ1n) is 8.61. The molecule has 8 heteroatoms. The number of nitrogens with zero attached hydrogens (tertiary/aromatic N) is 3. The van der Waals surface area contributed by atoms with Gasteiger partial charge in [0, 0.05) is 26.1 Å². The van der Waals surface area contributed by atoms with Crippen molar-refractivity contribution in [1.82, 2.24) is 14.7 Å². The molecule has 1 fully saturated rings. The van der Waals surface area contributed by atoms with E-state index in [0.29, 0.717) is 23.8 Å². The smallest absolute Gasteiger partial charge is 0.303 e. The van der Waals surface area contributed by atoms with Gasteiger partial charge in [0.05, 0.1) is 29.3 Å². The molecule has 134 valence electrons. The largest absolute Gasteiger partial charge is 0.481 e. The van der Waals surface area contributed by atoms with Crippen molar-refractivity contribution < 1.29 is 18.3 Å². The zero-order valence-electron chi connectivity index (χ0n) is 13.9. The second-order valence-corrected chi connectivity index (χ2v) is 9.16. The van der Waals surface area contributed by atoms with E-state index >= 15 is 0 Å². The quantitative estimate of drug-likeness (QED) is 0.816. The third-order valence-electron chi connectivity index (χ3n) is 4.92. The minimum absolute atomic E-state index is 0.107. The summed E-state index contributed by atoms with van der Waals surface area (Å²) in [6.45, 7) is 3.57. The maximum absolute atomic E-state index is 11.6. The van der Waals surface area contributed by atoms with Gasteiger partial charge in [-0.1, -0.05) is 0 Å². The molecule has 2 aliphatic rings. The van der Waals surface area contributed by atoms with Crippen molar-refractivity contribution in [3.8, 4) is 0 Å². The Morgan fingerprint density at radius 2 is 2.21 bits per heavy atom. The van der Waals surface area contributed by atoms with Gasteiger partial charge in [-0.25, -0.2) is 8.42 Å². The van der Waals surface area contributed by atoms with Gasteiger partial charge < -0.3 is 5.11 Å². The lowest BCUT2D eigenvalue weighted by atomic mass is 10.1. The second-order valence-electron chi connectivity index (χ2n) is 6.93. The van der Waals surface area contributed by atoms with Crippen LogP contribution in [-0.2, 0) is 34.1 Å². The fourth-order valence-electron chi connectivity index (χ4n) is 3.60. The highest BCUT2D eigenvalue weighted by atomic mass is 32.2. The Labute approximate surface area is 142 Å². The number of sulfone groups is 1. The van der Waals surface area contributed by atoms with Crippen molar-refractivity contribution in [2.45, 2.75) is 45.2 Å². The monoisotopic (exact) mass is 355 g/mol. The van der Waals surface area contributed by atoms with Gasteiger partial charge in [0.1, 0.15) is 0 Å². The van der Waals surface area contributed by atoms with Gasteiger partial charge in [0.2, 0.25) is 0 Å². The van der Waals surface area contributed by atoms with Gasteiger partial charge in [-0.05, 0) is 37.8 Å². The predicted molar refractivity (Wildman–Crippen MR) is 89.5 cm³/mol. The highest BCUT2D eigenvalue weighted by Crippen LogP contribution is 2.23. The van der Waals surface area contributed by atoms with Gasteiger partial charge in [0.15, 0.2) is 9.84 Å². The first-order valence-corrected chi connectivity index (χ1v) is 10.4. The summed E-state index contributed by atoms with van der Waals surface area (Å²) in [7, 11) is -2.79. The van der Waals surface area contributed by atoms with Crippen LogP contribution >= 0.6 is 0 Å². The Morgan fingerprint density at radius 1 is 1.38 bits per heavy atom. The lowest BCUT2D eigenvalue weighted by molar-refractivity contribution is -0.136. The van der Waals surface area contributed by atoms with Gasteiger partial charge in [-0.3, -0.25) is 14.4 Å². The molecule has 1 saturated heterocycles. The van der Waals surface area contributed by atoms with Crippen molar-refractivity contribution in [3.63, 3.8) is 0 Å². The Morgan fingerprint density at radius 3 is 2.92 bits per heavy atom. The number of hydrogen-bond donors (Lipinski definition) is 1. The summed E-state index contributed by atoms with van der Waals surface area (Å²) in [6.07, 6.45) is 3.31. The van der Waals surface area contributed by atoms with E-state index in [0.717, 1.165) is 56.8 Å². The topological polar surface area (TPSA) is 92.5 Å². The lowest BCUT2D eigenvalue weighted by Gasteiger charge is -2.21. The molecule has 7 nitrogen and oxygen atoms in total. The molecule has 0 aromatic carbocycles. The van der Waals surface area contributed by atoms with E-state index in [1.807, 2.05) is 10.7 Å². The predicted octanol–water partition coefficient (Wildman–Crippen LogP) is 0.931. The fraction of sp³-hybridized carbons (Fsp3) is 0.750. The summed E-state index contributed by atoms with van der Waals surface area (Å²) in [6, 6.07) is 2.02. The molecule has 0 bridgehead atoms. The molecule has 3 rings (SSSR count). The number of rotatable bonds is 6. The lowest BCUT2D eigenvalue weighted by Crippen LogP contribution is -2.26. The van der Waals surface area contributed by atoms with E-state index < -0.39 is 15.8 Å². The van der Waals surface area contributed by atoms with Crippen LogP contribution in [0.15, 0.2) is 6.07 Å². The van der Waals surface area contributed by atoms with Crippen molar-refractivity contribution in [2.75, 3.05) is 24.6 Å². The molecule has 1 N–H and O–H groups in total. The molecule has 1 unspecified atom stereocenters. The molecule has 2 aliphatic heterocycles. The molecule has 0 aliphatic carbocycles. The van der Waals surface area contributed by atoms with Crippen LogP contribution in [0.4, 0.5) is 0 Å². The number of hydrogen-bond acceptors (Lipinski definition) is 5. The van der Waals surface area contributed by atoms with Crippen LogP contribution in [0.2, 0.25) is 0 Å². The molecule has 1 aromatic heterocycles. The summed E-state index contributed by atoms with van der Waals surface area (Å²) in [5, 5.41) is 13.3. The van der Waals surface area contributed by atoms with E-state index in [1.165, 1.54) is 0 Å². The molecule has 3 heterocycles. The van der Waals surface area contributed by atoms with Crippen LogP contribution in [0.5, 0.6) is 0 Å². The Hall–Kier alpha value is -1.41. The van der Waals surface area contributed by atoms with Crippen molar-refractivity contribution in [1.29, 1.82) is 0 Å². The summed E-state index contributed by atoms with van der Waals surface area (Å²) in [4.78, 5) is 13.1. The van der Waals surface area contributed by atoms with Crippen LogP contribution in [0, 0.1) is 5.92 Å². The first-order chi connectivity index (χ1) is 11.4. The number of aromatic nitrogens is 2. The van der Waals surface area contributed by atoms with Crippen LogP contribution in [0.25, 0.3) is 0 Å². The van der Waals surface area contributed by atoms with Gasteiger partial charge in [-0.2, -0.15) is 5.10 Å². The number of fused-ring (bicyclic) bond motifs is 1. The van der Waals surface area contributed by atoms with Crippen molar-refractivity contribution >= 4 is 15.8 Å². The van der Waals surface area contributed by atoms with Crippen molar-refractivity contribution in [3.05, 3.63) is 17.5 Å². The third kappa shape index (κ3) is 4.57. The average Bonchev–Trinajstić information content (AvgIpc) is 3.00. The summed E-state index contributed by atoms with van der Waals surface area (Å²) < 4.78 is 25.1. The van der Waals surface area contributed by atoms with Crippen LogP contribution in [-0.4, -0.2) is 58.8 Å². The molecule has 1 aromatic rings. The van der Waals surface area contributed by atoms with Crippen molar-refractivity contribution in [2.24, 2.45) is 5.92 Å². The Kier molecular flexibility index (Phi) is 5.24. The average molecular weight is 355 g/mol. The van der Waals surface area contributed by atoms with Gasteiger partial charge in [-0.15, -0.1) is 0 Å². The number of carbonyl (C=O) groups is 1. The summed E-state index contributed by atoms with van der Waals surface area (Å²) in [5.74, 6) is 0.191. The number of aliphatic carboxylic acids is 1. The highest BCUT2D eigenvalue weighted by Gasteiger charge is 2.28. The second kappa shape index (κ2) is 7.23. The molecular weight excluding hydrogens is 330 g/mol. The molecular formula is C16H25N3O4S. The van der Waals surface area contributed by atoms with Crippen LogP contribution < -0.4 is 0 Å². The van der Waals surface area contributed by atoms with E-state index in [2.05, 4.69) is 10.00 Å². The van der Waals surface area contributed by atoms with Crippen LogP contribution in [0.3, 0.4) is 0 Å². The molecule has 0 radical (unpaired) electrons. The number of carboxylic acids is 1.